The summed E-state index contributed by atoms with van der Waals surface area (Å²) in [7, 11) is 0. The van der Waals surface area contributed by atoms with Gasteiger partial charge in [-0.25, -0.2) is 9.97 Å². The van der Waals surface area contributed by atoms with Gasteiger partial charge in [0.15, 0.2) is 17.3 Å². The molecule has 1 aromatic carbocycles. The number of halogens is 2. The van der Waals surface area contributed by atoms with E-state index in [0.717, 1.165) is 17.7 Å². The first-order chi connectivity index (χ1) is 9.67. The second kappa shape index (κ2) is 5.46. The van der Waals surface area contributed by atoms with Gasteiger partial charge in [0.1, 0.15) is 18.4 Å². The van der Waals surface area contributed by atoms with Crippen LogP contribution in [0, 0.1) is 0 Å². The van der Waals surface area contributed by atoms with E-state index in [9.17, 15) is 0 Å². The molecule has 0 bridgehead atoms. The topological polar surface area (TPSA) is 44.2 Å². The summed E-state index contributed by atoms with van der Waals surface area (Å²) in [5.74, 6) is 1.72. The predicted molar refractivity (Wildman–Crippen MR) is 77.9 cm³/mol. The molecule has 0 aliphatic carbocycles. The highest BCUT2D eigenvalue weighted by Gasteiger charge is 2.18. The summed E-state index contributed by atoms with van der Waals surface area (Å²) < 4.78 is 11.0. The average Bonchev–Trinajstić information content (AvgIpc) is 2.46. The summed E-state index contributed by atoms with van der Waals surface area (Å²) in [6, 6.07) is 5.34. The summed E-state index contributed by atoms with van der Waals surface area (Å²) in [5, 5.41) is 0.900. The Hall–Kier alpha value is -1.52. The van der Waals surface area contributed by atoms with Crippen molar-refractivity contribution in [3.63, 3.8) is 0 Å². The molecular formula is C14H12Cl2N2O2. The van der Waals surface area contributed by atoms with E-state index < -0.39 is 0 Å². The van der Waals surface area contributed by atoms with Crippen molar-refractivity contribution >= 4 is 23.2 Å². The van der Waals surface area contributed by atoms with Crippen LogP contribution in [0.25, 0.3) is 11.4 Å². The van der Waals surface area contributed by atoms with Gasteiger partial charge < -0.3 is 9.47 Å². The van der Waals surface area contributed by atoms with Gasteiger partial charge in [-0.1, -0.05) is 30.1 Å². The molecule has 1 aliphatic heterocycles. The van der Waals surface area contributed by atoms with E-state index in [1.54, 1.807) is 12.1 Å². The van der Waals surface area contributed by atoms with Gasteiger partial charge in [-0.05, 0) is 24.6 Å². The van der Waals surface area contributed by atoms with Crippen molar-refractivity contribution in [1.82, 2.24) is 9.97 Å². The first-order valence-corrected chi connectivity index (χ1v) is 7.06. The fraction of sp³-hybridized carbons (Fsp3) is 0.286. The highest BCUT2D eigenvalue weighted by molar-refractivity contribution is 6.32. The van der Waals surface area contributed by atoms with Crippen LogP contribution in [0.2, 0.25) is 10.2 Å². The van der Waals surface area contributed by atoms with E-state index in [-0.39, 0.29) is 0 Å². The lowest BCUT2D eigenvalue weighted by atomic mass is 10.1. The molecule has 0 atom stereocenters. The number of nitrogens with zero attached hydrogens (tertiary/aromatic N) is 2. The van der Waals surface area contributed by atoms with E-state index in [1.807, 2.05) is 13.0 Å². The van der Waals surface area contributed by atoms with Crippen molar-refractivity contribution in [2.75, 3.05) is 13.2 Å². The maximum Gasteiger partial charge on any atom is 0.179 e. The first-order valence-electron chi connectivity index (χ1n) is 6.30. The van der Waals surface area contributed by atoms with Crippen LogP contribution >= 0.6 is 23.2 Å². The van der Waals surface area contributed by atoms with E-state index >= 15 is 0 Å². The van der Waals surface area contributed by atoms with Gasteiger partial charge in [0, 0.05) is 11.3 Å². The summed E-state index contributed by atoms with van der Waals surface area (Å²) in [6.45, 7) is 3.02. The molecule has 0 N–H and O–H groups in total. The zero-order chi connectivity index (χ0) is 14.1. The van der Waals surface area contributed by atoms with Crippen molar-refractivity contribution in [2.24, 2.45) is 0 Å². The smallest absolute Gasteiger partial charge is 0.179 e. The zero-order valence-electron chi connectivity index (χ0n) is 10.8. The molecule has 0 fully saturated rings. The Morgan fingerprint density at radius 2 is 1.90 bits per heavy atom. The van der Waals surface area contributed by atoms with E-state index in [0.29, 0.717) is 40.7 Å². The highest BCUT2D eigenvalue weighted by atomic mass is 35.5. The molecule has 1 aliphatic rings. The van der Waals surface area contributed by atoms with Gasteiger partial charge in [-0.15, -0.1) is 0 Å². The molecule has 0 amide bonds. The fourth-order valence-electron chi connectivity index (χ4n) is 2.01. The molecule has 20 heavy (non-hydrogen) atoms. The van der Waals surface area contributed by atoms with Gasteiger partial charge in [-0.2, -0.15) is 0 Å². The highest BCUT2D eigenvalue weighted by Crippen LogP contribution is 2.40. The molecule has 0 saturated carbocycles. The Bertz CT molecular complexity index is 662. The monoisotopic (exact) mass is 310 g/mol. The van der Waals surface area contributed by atoms with Crippen LogP contribution in [0.1, 0.15) is 12.6 Å². The summed E-state index contributed by atoms with van der Waals surface area (Å²) in [4.78, 5) is 8.70. The zero-order valence-corrected chi connectivity index (χ0v) is 12.3. The van der Waals surface area contributed by atoms with Gasteiger partial charge in [0.05, 0.1) is 5.02 Å². The summed E-state index contributed by atoms with van der Waals surface area (Å²) in [5.41, 5.74) is 1.64. The van der Waals surface area contributed by atoms with Crippen LogP contribution in [-0.2, 0) is 6.42 Å². The van der Waals surface area contributed by atoms with E-state index in [2.05, 4.69) is 9.97 Å². The van der Waals surface area contributed by atoms with Gasteiger partial charge in [0.2, 0.25) is 0 Å². The third-order valence-corrected chi connectivity index (χ3v) is 3.44. The van der Waals surface area contributed by atoms with Crippen molar-refractivity contribution in [3.05, 3.63) is 34.1 Å². The first kappa shape index (κ1) is 13.5. The lowest BCUT2D eigenvalue weighted by Gasteiger charge is -2.20. The molecule has 3 rings (SSSR count). The molecule has 0 spiro atoms. The fourth-order valence-corrected chi connectivity index (χ4v) is 2.49. The third-order valence-electron chi connectivity index (χ3n) is 2.97. The van der Waals surface area contributed by atoms with Crippen LogP contribution in [0.4, 0.5) is 0 Å². The second-order valence-corrected chi connectivity index (χ2v) is 5.14. The van der Waals surface area contributed by atoms with Gasteiger partial charge in [0.25, 0.3) is 0 Å². The molecule has 0 saturated heterocycles. The van der Waals surface area contributed by atoms with Gasteiger partial charge in [-0.3, -0.25) is 0 Å². The van der Waals surface area contributed by atoms with Crippen LogP contribution < -0.4 is 9.47 Å². The van der Waals surface area contributed by atoms with Crippen LogP contribution in [-0.4, -0.2) is 23.2 Å². The molecule has 104 valence electrons. The molecule has 0 radical (unpaired) electrons. The van der Waals surface area contributed by atoms with Crippen molar-refractivity contribution < 1.29 is 9.47 Å². The average molecular weight is 311 g/mol. The van der Waals surface area contributed by atoms with Gasteiger partial charge >= 0.3 is 0 Å². The molecule has 2 heterocycles. The van der Waals surface area contributed by atoms with E-state index in [4.69, 9.17) is 32.7 Å². The number of hydrogen-bond acceptors (Lipinski definition) is 4. The van der Waals surface area contributed by atoms with Crippen molar-refractivity contribution in [1.29, 1.82) is 0 Å². The third kappa shape index (κ3) is 2.53. The van der Waals surface area contributed by atoms with Crippen LogP contribution in [0.5, 0.6) is 11.5 Å². The molecule has 1 aromatic heterocycles. The Balaban J connectivity index is 2.10. The molecule has 0 unspecified atom stereocenters. The minimum atomic E-state index is 0.415. The van der Waals surface area contributed by atoms with Crippen LogP contribution in [0.3, 0.4) is 0 Å². The number of rotatable bonds is 2. The number of fused-ring (bicyclic) bond motifs is 1. The molecule has 6 heteroatoms. The summed E-state index contributed by atoms with van der Waals surface area (Å²) >= 11 is 12.2. The number of ether oxygens (including phenoxy) is 2. The standard InChI is InChI=1S/C14H12Cl2N2O2/c1-2-9-7-12(16)18-14(17-9)8-5-10(15)13-11(6-8)19-3-4-20-13/h5-7H,2-4H2,1H3. The SMILES string of the molecule is CCc1cc(Cl)nc(-c2cc(Cl)c3c(c2)OCCO3)n1. The normalized spacial score (nSPS) is 13.3. The molecular weight excluding hydrogens is 299 g/mol. The largest absolute Gasteiger partial charge is 0.486 e. The number of hydrogen-bond donors (Lipinski definition) is 0. The maximum atomic E-state index is 6.22. The lowest BCUT2D eigenvalue weighted by molar-refractivity contribution is 0.172. The second-order valence-electron chi connectivity index (χ2n) is 4.34. The Morgan fingerprint density at radius 3 is 2.70 bits per heavy atom. The Morgan fingerprint density at radius 1 is 1.10 bits per heavy atom. The predicted octanol–water partition coefficient (Wildman–Crippen LogP) is 3.78. The Labute approximate surface area is 126 Å². The minimum Gasteiger partial charge on any atom is -0.486 e. The summed E-state index contributed by atoms with van der Waals surface area (Å²) in [6.07, 6.45) is 0.785. The molecule has 4 nitrogen and oxygen atoms in total. The quantitative estimate of drug-likeness (QED) is 0.792. The molecule has 2 aromatic rings. The lowest BCUT2D eigenvalue weighted by Crippen LogP contribution is -2.15. The number of benzene rings is 1. The van der Waals surface area contributed by atoms with Crippen molar-refractivity contribution in [2.45, 2.75) is 13.3 Å². The van der Waals surface area contributed by atoms with E-state index in [1.165, 1.54) is 0 Å². The number of aromatic nitrogens is 2. The minimum absolute atomic E-state index is 0.415. The van der Waals surface area contributed by atoms with Crippen molar-refractivity contribution in [3.8, 4) is 22.9 Å². The van der Waals surface area contributed by atoms with Crippen LogP contribution in [0.15, 0.2) is 18.2 Å². The number of aryl methyl sites for hydroxylation is 1. The Kier molecular flexibility index (Phi) is 3.68. The maximum absolute atomic E-state index is 6.22.